The number of hydrogen-bond acceptors (Lipinski definition) is 4. The first-order chi connectivity index (χ1) is 9.01. The largest absolute Gasteiger partial charge is 0.383 e. The number of aromatic nitrogens is 2. The van der Waals surface area contributed by atoms with E-state index >= 15 is 0 Å². The lowest BCUT2D eigenvalue weighted by molar-refractivity contribution is 0.418. The van der Waals surface area contributed by atoms with Crippen LogP contribution in [0.2, 0.25) is 0 Å². The number of hydrogen-bond donors (Lipinski definition) is 2. The van der Waals surface area contributed by atoms with Crippen molar-refractivity contribution in [2.24, 2.45) is 0 Å². The zero-order valence-electron chi connectivity index (χ0n) is 13.0. The van der Waals surface area contributed by atoms with E-state index in [4.69, 9.17) is 5.73 Å². The molecule has 1 heterocycles. The fourth-order valence-electron chi connectivity index (χ4n) is 2.31. The molecule has 0 amide bonds. The summed E-state index contributed by atoms with van der Waals surface area (Å²) >= 11 is 0. The molecule has 3 N–H and O–H groups in total. The van der Waals surface area contributed by atoms with Crippen LogP contribution in [0.4, 0.5) is 11.6 Å². The molecule has 0 atom stereocenters. The van der Waals surface area contributed by atoms with E-state index in [2.05, 4.69) is 43.0 Å². The number of rotatable bonds is 7. The Kier molecular flexibility index (Phi) is 5.58. The molecule has 0 aliphatic carbocycles. The summed E-state index contributed by atoms with van der Waals surface area (Å²) in [6, 6.07) is 0. The Morgan fingerprint density at radius 2 is 1.63 bits per heavy atom. The van der Waals surface area contributed by atoms with Gasteiger partial charge in [-0.25, -0.2) is 9.97 Å². The van der Waals surface area contributed by atoms with E-state index in [9.17, 15) is 0 Å². The van der Waals surface area contributed by atoms with Gasteiger partial charge in [-0.05, 0) is 32.6 Å². The van der Waals surface area contributed by atoms with Crippen LogP contribution in [0.5, 0.6) is 0 Å². The van der Waals surface area contributed by atoms with Crippen LogP contribution >= 0.6 is 0 Å². The first-order valence-electron chi connectivity index (χ1n) is 7.43. The van der Waals surface area contributed by atoms with Gasteiger partial charge in [0.15, 0.2) is 0 Å². The van der Waals surface area contributed by atoms with E-state index < -0.39 is 0 Å². The van der Waals surface area contributed by atoms with Crippen LogP contribution in [0.25, 0.3) is 0 Å². The molecule has 0 radical (unpaired) electrons. The lowest BCUT2D eigenvalue weighted by Gasteiger charge is -2.33. The topological polar surface area (TPSA) is 63.8 Å². The minimum absolute atomic E-state index is 0.106. The summed E-state index contributed by atoms with van der Waals surface area (Å²) in [6.45, 7) is 10.8. The highest BCUT2D eigenvalue weighted by molar-refractivity contribution is 5.56. The molecule has 4 heteroatoms. The average molecular weight is 264 g/mol. The lowest BCUT2D eigenvalue weighted by atomic mass is 9.89. The molecule has 4 nitrogen and oxygen atoms in total. The van der Waals surface area contributed by atoms with Gasteiger partial charge in [-0.3, -0.25) is 0 Å². The number of nitrogens with one attached hydrogen (secondary N) is 1. The van der Waals surface area contributed by atoms with Gasteiger partial charge in [0.25, 0.3) is 0 Å². The van der Waals surface area contributed by atoms with E-state index in [1.54, 1.807) is 0 Å². The van der Waals surface area contributed by atoms with Crippen molar-refractivity contribution in [2.45, 2.75) is 72.3 Å². The standard InChI is InChI=1S/C15H28N4/c1-6-10-12-17-13(16)11(5)14(18-12)19-15(7-2,8-3)9-4/h6-10H2,1-5H3,(H3,16,17,18,19). The molecule has 0 saturated carbocycles. The van der Waals surface area contributed by atoms with Gasteiger partial charge in [0.2, 0.25) is 0 Å². The Hall–Kier alpha value is -1.32. The lowest BCUT2D eigenvalue weighted by Crippen LogP contribution is -2.37. The molecule has 1 rings (SSSR count). The van der Waals surface area contributed by atoms with Gasteiger partial charge in [0.05, 0.1) is 0 Å². The third kappa shape index (κ3) is 3.58. The van der Waals surface area contributed by atoms with Gasteiger partial charge in [0, 0.05) is 17.5 Å². The Bertz CT molecular complexity index is 403. The van der Waals surface area contributed by atoms with Crippen molar-refractivity contribution in [2.75, 3.05) is 11.1 Å². The van der Waals surface area contributed by atoms with Crippen molar-refractivity contribution in [1.29, 1.82) is 0 Å². The number of nitrogens with zero attached hydrogens (tertiary/aromatic N) is 2. The molecular formula is C15H28N4. The summed E-state index contributed by atoms with van der Waals surface area (Å²) < 4.78 is 0. The van der Waals surface area contributed by atoms with E-state index in [0.717, 1.165) is 49.3 Å². The van der Waals surface area contributed by atoms with Gasteiger partial charge in [-0.1, -0.05) is 27.7 Å². The van der Waals surface area contributed by atoms with Crippen molar-refractivity contribution in [3.8, 4) is 0 Å². The molecule has 1 aromatic rings. The second-order valence-corrected chi connectivity index (χ2v) is 5.21. The van der Waals surface area contributed by atoms with Crippen LogP contribution in [0.15, 0.2) is 0 Å². The van der Waals surface area contributed by atoms with Crippen molar-refractivity contribution >= 4 is 11.6 Å². The molecule has 0 bridgehead atoms. The first-order valence-corrected chi connectivity index (χ1v) is 7.43. The zero-order valence-corrected chi connectivity index (χ0v) is 13.0. The molecule has 0 aromatic carbocycles. The van der Waals surface area contributed by atoms with Gasteiger partial charge < -0.3 is 11.1 Å². The third-order valence-corrected chi connectivity index (χ3v) is 4.12. The van der Waals surface area contributed by atoms with Crippen molar-refractivity contribution in [1.82, 2.24) is 9.97 Å². The van der Waals surface area contributed by atoms with E-state index in [0.29, 0.717) is 5.82 Å². The van der Waals surface area contributed by atoms with Crippen LogP contribution < -0.4 is 11.1 Å². The second-order valence-electron chi connectivity index (χ2n) is 5.21. The van der Waals surface area contributed by atoms with Crippen LogP contribution in [-0.4, -0.2) is 15.5 Å². The second kappa shape index (κ2) is 6.73. The quantitative estimate of drug-likeness (QED) is 0.788. The number of aryl methyl sites for hydroxylation is 1. The maximum atomic E-state index is 6.00. The first kappa shape index (κ1) is 15.7. The molecule has 0 spiro atoms. The number of nitrogens with two attached hydrogens (primary N) is 1. The summed E-state index contributed by atoms with van der Waals surface area (Å²) in [7, 11) is 0. The van der Waals surface area contributed by atoms with Crippen molar-refractivity contribution in [3.05, 3.63) is 11.4 Å². The summed E-state index contributed by atoms with van der Waals surface area (Å²) in [4.78, 5) is 9.01. The summed E-state index contributed by atoms with van der Waals surface area (Å²) in [5.41, 5.74) is 7.07. The highest BCUT2D eigenvalue weighted by Crippen LogP contribution is 2.28. The van der Waals surface area contributed by atoms with E-state index in [-0.39, 0.29) is 5.54 Å². The van der Waals surface area contributed by atoms with Crippen molar-refractivity contribution < 1.29 is 0 Å². The Morgan fingerprint density at radius 1 is 1.05 bits per heavy atom. The Morgan fingerprint density at radius 3 is 2.11 bits per heavy atom. The maximum absolute atomic E-state index is 6.00. The Labute approximate surface area is 117 Å². The molecule has 19 heavy (non-hydrogen) atoms. The predicted molar refractivity (Wildman–Crippen MR) is 82.4 cm³/mol. The normalized spacial score (nSPS) is 11.6. The van der Waals surface area contributed by atoms with Gasteiger partial charge >= 0.3 is 0 Å². The smallest absolute Gasteiger partial charge is 0.135 e. The minimum Gasteiger partial charge on any atom is -0.383 e. The SMILES string of the molecule is CCCc1nc(N)c(C)c(NC(CC)(CC)CC)n1. The predicted octanol–water partition coefficient (Wildman–Crippen LogP) is 3.70. The summed E-state index contributed by atoms with van der Waals surface area (Å²) in [5, 5.41) is 3.62. The van der Waals surface area contributed by atoms with Crippen LogP contribution in [0.1, 0.15) is 64.8 Å². The monoisotopic (exact) mass is 264 g/mol. The molecule has 1 aromatic heterocycles. The van der Waals surface area contributed by atoms with Crippen molar-refractivity contribution in [3.63, 3.8) is 0 Å². The van der Waals surface area contributed by atoms with Crippen LogP contribution in [0, 0.1) is 6.92 Å². The molecular weight excluding hydrogens is 236 g/mol. The number of nitrogen functional groups attached to an aromatic ring is 1. The van der Waals surface area contributed by atoms with Gasteiger partial charge in [-0.2, -0.15) is 0 Å². The minimum atomic E-state index is 0.106. The fourth-order valence-corrected chi connectivity index (χ4v) is 2.31. The van der Waals surface area contributed by atoms with Crippen LogP contribution in [0.3, 0.4) is 0 Å². The molecule has 0 aliphatic rings. The fraction of sp³-hybridized carbons (Fsp3) is 0.733. The molecule has 0 unspecified atom stereocenters. The molecule has 0 saturated heterocycles. The van der Waals surface area contributed by atoms with Gasteiger partial charge in [0.1, 0.15) is 17.5 Å². The van der Waals surface area contributed by atoms with Gasteiger partial charge in [-0.15, -0.1) is 0 Å². The average Bonchev–Trinajstić information content (AvgIpc) is 2.42. The molecule has 0 aliphatic heterocycles. The summed E-state index contributed by atoms with van der Waals surface area (Å²) in [5.74, 6) is 2.34. The zero-order chi connectivity index (χ0) is 14.5. The molecule has 108 valence electrons. The number of anilines is 2. The van der Waals surface area contributed by atoms with Crippen LogP contribution in [-0.2, 0) is 6.42 Å². The highest BCUT2D eigenvalue weighted by atomic mass is 15.1. The van der Waals surface area contributed by atoms with E-state index in [1.807, 2.05) is 6.92 Å². The third-order valence-electron chi connectivity index (χ3n) is 4.12. The Balaban J connectivity index is 3.11. The summed E-state index contributed by atoms with van der Waals surface area (Å²) in [6.07, 6.45) is 5.13. The maximum Gasteiger partial charge on any atom is 0.135 e. The van der Waals surface area contributed by atoms with E-state index in [1.165, 1.54) is 0 Å². The highest BCUT2D eigenvalue weighted by Gasteiger charge is 2.25. The molecule has 0 fully saturated rings.